The number of hydrogen-bond acceptors (Lipinski definition) is 2. The average Bonchev–Trinajstić information content (AvgIpc) is 3.01. The van der Waals surface area contributed by atoms with Gasteiger partial charge in [-0.1, -0.05) is 6.42 Å². The Balaban J connectivity index is 1.76. The van der Waals surface area contributed by atoms with E-state index >= 15 is 0 Å². The fourth-order valence-electron chi connectivity index (χ4n) is 2.56. The van der Waals surface area contributed by atoms with Crippen LogP contribution in [0.3, 0.4) is 0 Å². The number of nitrogens with zero attached hydrogens (tertiary/aromatic N) is 1. The van der Waals surface area contributed by atoms with Gasteiger partial charge < -0.3 is 5.32 Å². The van der Waals surface area contributed by atoms with Gasteiger partial charge in [0.05, 0.1) is 6.07 Å². The summed E-state index contributed by atoms with van der Waals surface area (Å²) in [6.45, 7) is 2.30. The molecule has 2 aliphatic carbocycles. The number of nitriles is 1. The second-order valence-electron chi connectivity index (χ2n) is 4.98. The molecule has 0 saturated heterocycles. The molecule has 2 nitrogen and oxygen atoms in total. The van der Waals surface area contributed by atoms with Gasteiger partial charge in [-0.05, 0) is 44.9 Å². The van der Waals surface area contributed by atoms with Crippen molar-refractivity contribution in [1.29, 1.82) is 5.26 Å². The maximum Gasteiger partial charge on any atom is 0.0656 e. The fraction of sp³-hybridized carbons (Fsp3) is 0.917. The maximum atomic E-state index is 8.89. The Morgan fingerprint density at radius 1 is 1.29 bits per heavy atom. The first-order valence-electron chi connectivity index (χ1n) is 5.95. The minimum atomic E-state index is 0.313. The van der Waals surface area contributed by atoms with E-state index in [1.165, 1.54) is 25.7 Å². The van der Waals surface area contributed by atoms with Crippen molar-refractivity contribution < 1.29 is 0 Å². The Labute approximate surface area is 86.7 Å². The second kappa shape index (κ2) is 4.31. The smallest absolute Gasteiger partial charge is 0.0656 e. The Kier molecular flexibility index (Phi) is 3.08. The third-order valence-electron chi connectivity index (χ3n) is 3.68. The molecule has 0 radical (unpaired) electrons. The highest BCUT2D eigenvalue weighted by Gasteiger charge is 2.30. The average molecular weight is 192 g/mol. The fourth-order valence-corrected chi connectivity index (χ4v) is 2.56. The van der Waals surface area contributed by atoms with Crippen molar-refractivity contribution in [3.8, 4) is 6.07 Å². The number of rotatable bonds is 3. The van der Waals surface area contributed by atoms with E-state index in [1.807, 2.05) is 0 Å². The standard InChI is InChI=1S/C12H20N2/c1-9(11-5-6-11)14-12-4-2-3-10(7-12)8-13/h9-12,14H,2-7H2,1H3. The van der Waals surface area contributed by atoms with E-state index < -0.39 is 0 Å². The van der Waals surface area contributed by atoms with Crippen molar-refractivity contribution >= 4 is 0 Å². The van der Waals surface area contributed by atoms with Gasteiger partial charge in [-0.2, -0.15) is 5.26 Å². The Morgan fingerprint density at radius 3 is 2.71 bits per heavy atom. The van der Waals surface area contributed by atoms with Crippen molar-refractivity contribution in [3.05, 3.63) is 0 Å². The molecule has 0 bridgehead atoms. The zero-order chi connectivity index (χ0) is 9.97. The Morgan fingerprint density at radius 2 is 2.07 bits per heavy atom. The summed E-state index contributed by atoms with van der Waals surface area (Å²) in [7, 11) is 0. The minimum absolute atomic E-state index is 0.313. The molecule has 14 heavy (non-hydrogen) atoms. The molecule has 0 aliphatic heterocycles. The SMILES string of the molecule is CC(NC1CCCC(C#N)C1)C1CC1. The topological polar surface area (TPSA) is 35.8 Å². The lowest BCUT2D eigenvalue weighted by Gasteiger charge is -2.29. The van der Waals surface area contributed by atoms with Gasteiger partial charge in [-0.3, -0.25) is 0 Å². The minimum Gasteiger partial charge on any atom is -0.311 e. The molecule has 3 atom stereocenters. The molecule has 2 saturated carbocycles. The maximum absolute atomic E-state index is 8.89. The molecule has 78 valence electrons. The van der Waals surface area contributed by atoms with Crippen molar-refractivity contribution in [2.24, 2.45) is 11.8 Å². The quantitative estimate of drug-likeness (QED) is 0.745. The van der Waals surface area contributed by atoms with E-state index in [4.69, 9.17) is 5.26 Å². The molecule has 2 fully saturated rings. The summed E-state index contributed by atoms with van der Waals surface area (Å²) in [6, 6.07) is 3.70. The first-order valence-corrected chi connectivity index (χ1v) is 5.95. The first-order chi connectivity index (χ1) is 6.79. The van der Waals surface area contributed by atoms with E-state index in [-0.39, 0.29) is 0 Å². The van der Waals surface area contributed by atoms with Gasteiger partial charge in [0, 0.05) is 18.0 Å². The second-order valence-corrected chi connectivity index (χ2v) is 4.98. The largest absolute Gasteiger partial charge is 0.311 e. The normalized spacial score (nSPS) is 34.9. The number of hydrogen-bond donors (Lipinski definition) is 1. The molecule has 0 spiro atoms. The molecule has 2 heteroatoms. The number of nitrogens with one attached hydrogen (secondary N) is 1. The van der Waals surface area contributed by atoms with E-state index in [2.05, 4.69) is 18.3 Å². The van der Waals surface area contributed by atoms with E-state index in [0.717, 1.165) is 18.8 Å². The van der Waals surface area contributed by atoms with Gasteiger partial charge in [0.2, 0.25) is 0 Å². The summed E-state index contributed by atoms with van der Waals surface area (Å²) >= 11 is 0. The van der Waals surface area contributed by atoms with Gasteiger partial charge in [0.15, 0.2) is 0 Å². The van der Waals surface area contributed by atoms with Crippen LogP contribution >= 0.6 is 0 Å². The zero-order valence-electron chi connectivity index (χ0n) is 9.00. The highest BCUT2D eigenvalue weighted by molar-refractivity contribution is 4.92. The predicted octanol–water partition coefficient (Wildman–Crippen LogP) is 2.46. The van der Waals surface area contributed by atoms with Crippen molar-refractivity contribution in [2.45, 2.75) is 57.5 Å². The lowest BCUT2D eigenvalue weighted by atomic mass is 9.86. The molecule has 0 aromatic carbocycles. The van der Waals surface area contributed by atoms with E-state index in [0.29, 0.717) is 18.0 Å². The van der Waals surface area contributed by atoms with Crippen LogP contribution in [0.2, 0.25) is 0 Å². The molecule has 2 rings (SSSR count). The van der Waals surface area contributed by atoms with Crippen LogP contribution in [-0.2, 0) is 0 Å². The van der Waals surface area contributed by atoms with Gasteiger partial charge >= 0.3 is 0 Å². The van der Waals surface area contributed by atoms with Crippen molar-refractivity contribution in [1.82, 2.24) is 5.32 Å². The summed E-state index contributed by atoms with van der Waals surface area (Å²) in [5, 5.41) is 12.6. The van der Waals surface area contributed by atoms with E-state index in [9.17, 15) is 0 Å². The highest BCUT2D eigenvalue weighted by atomic mass is 15.0. The molecule has 2 aliphatic rings. The summed E-state index contributed by atoms with van der Waals surface area (Å²) in [6.07, 6.45) is 7.51. The van der Waals surface area contributed by atoms with Crippen molar-refractivity contribution in [2.75, 3.05) is 0 Å². The molecule has 0 aromatic rings. The van der Waals surface area contributed by atoms with Gasteiger partial charge in [0.25, 0.3) is 0 Å². The summed E-state index contributed by atoms with van der Waals surface area (Å²) in [5.74, 6) is 1.24. The van der Waals surface area contributed by atoms with E-state index in [1.54, 1.807) is 0 Å². The zero-order valence-corrected chi connectivity index (χ0v) is 9.00. The molecule has 0 aromatic heterocycles. The Bertz CT molecular complexity index is 227. The van der Waals surface area contributed by atoms with Gasteiger partial charge in [-0.25, -0.2) is 0 Å². The van der Waals surface area contributed by atoms with Crippen LogP contribution in [-0.4, -0.2) is 12.1 Å². The molecular weight excluding hydrogens is 172 g/mol. The van der Waals surface area contributed by atoms with Crippen LogP contribution in [0.4, 0.5) is 0 Å². The van der Waals surface area contributed by atoms with Crippen LogP contribution in [0.1, 0.15) is 45.4 Å². The summed E-state index contributed by atoms with van der Waals surface area (Å²) in [5.41, 5.74) is 0. The Hall–Kier alpha value is -0.550. The van der Waals surface area contributed by atoms with Crippen LogP contribution in [0.15, 0.2) is 0 Å². The first kappa shape index (κ1) is 9.98. The lowest BCUT2D eigenvalue weighted by Crippen LogP contribution is -2.40. The lowest BCUT2D eigenvalue weighted by molar-refractivity contribution is 0.297. The molecule has 0 heterocycles. The van der Waals surface area contributed by atoms with Crippen LogP contribution in [0.25, 0.3) is 0 Å². The van der Waals surface area contributed by atoms with Crippen LogP contribution < -0.4 is 5.32 Å². The monoisotopic (exact) mass is 192 g/mol. The third-order valence-corrected chi connectivity index (χ3v) is 3.68. The third kappa shape index (κ3) is 2.48. The van der Waals surface area contributed by atoms with Crippen LogP contribution in [0.5, 0.6) is 0 Å². The summed E-state index contributed by atoms with van der Waals surface area (Å²) in [4.78, 5) is 0. The highest BCUT2D eigenvalue weighted by Crippen LogP contribution is 2.33. The molecule has 1 N–H and O–H groups in total. The summed E-state index contributed by atoms with van der Waals surface area (Å²) < 4.78 is 0. The molecular formula is C12H20N2. The molecule has 3 unspecified atom stereocenters. The van der Waals surface area contributed by atoms with Crippen LogP contribution in [0, 0.1) is 23.2 Å². The van der Waals surface area contributed by atoms with Gasteiger partial charge in [0.1, 0.15) is 0 Å². The predicted molar refractivity (Wildman–Crippen MR) is 56.7 cm³/mol. The molecule has 0 amide bonds. The van der Waals surface area contributed by atoms with Crippen molar-refractivity contribution in [3.63, 3.8) is 0 Å². The van der Waals surface area contributed by atoms with Gasteiger partial charge in [-0.15, -0.1) is 0 Å².